The zero-order chi connectivity index (χ0) is 22.2. The number of imidazole rings is 1. The highest BCUT2D eigenvalue weighted by atomic mass is 35.5. The van der Waals surface area contributed by atoms with Crippen molar-refractivity contribution in [2.75, 3.05) is 0 Å². The molecular weight excluding hydrogens is 426 g/mol. The molecule has 4 heterocycles. The molecule has 0 radical (unpaired) electrons. The fourth-order valence-electron chi connectivity index (χ4n) is 4.17. The predicted octanol–water partition coefficient (Wildman–Crippen LogP) is 3.88. The fraction of sp³-hybridized carbons (Fsp3) is 0.217. The number of aryl methyl sites for hydroxylation is 2. The molecule has 0 fully saturated rings. The van der Waals surface area contributed by atoms with Crippen LogP contribution in [-0.4, -0.2) is 28.5 Å². The summed E-state index contributed by atoms with van der Waals surface area (Å²) in [7, 11) is 1.82. The Morgan fingerprint density at radius 2 is 1.97 bits per heavy atom. The Labute approximate surface area is 188 Å². The molecule has 0 saturated heterocycles. The summed E-state index contributed by atoms with van der Waals surface area (Å²) >= 11 is 6.22. The smallest absolute Gasteiger partial charge is 0.335 e. The molecule has 0 spiro atoms. The summed E-state index contributed by atoms with van der Waals surface area (Å²) in [5, 5.41) is 15.1. The highest BCUT2D eigenvalue weighted by molar-refractivity contribution is 6.31. The molecule has 0 N–H and O–H groups in total. The third-order valence-electron chi connectivity index (χ3n) is 5.60. The van der Waals surface area contributed by atoms with Crippen LogP contribution in [0.15, 0.2) is 59.8 Å². The van der Waals surface area contributed by atoms with E-state index in [1.165, 1.54) is 0 Å². The van der Waals surface area contributed by atoms with Crippen molar-refractivity contribution < 1.29 is 0 Å². The third-order valence-corrected chi connectivity index (χ3v) is 5.83. The minimum absolute atomic E-state index is 0.182. The standard InChI is InChI=1S/C23H20ClN7O/c1-28-11-7-22(27-28)31-20-6-9-26-14-21(20)30(23(31)32)15-18-13-16-12-17(24)4-5-19(16)29(18)10-3-2-8-25/h4-7,9,11-14H,2-3,10,15H2,1H3. The number of nitrogens with zero attached hydrogens (tertiary/aromatic N) is 7. The number of nitriles is 1. The van der Waals surface area contributed by atoms with Gasteiger partial charge in [0.1, 0.15) is 0 Å². The fourth-order valence-corrected chi connectivity index (χ4v) is 4.35. The highest BCUT2D eigenvalue weighted by Crippen LogP contribution is 2.26. The lowest BCUT2D eigenvalue weighted by molar-refractivity contribution is 0.620. The largest absolute Gasteiger partial charge is 0.343 e. The maximum atomic E-state index is 13.5. The van der Waals surface area contributed by atoms with E-state index in [1.54, 1.807) is 26.2 Å². The van der Waals surface area contributed by atoms with Crippen molar-refractivity contribution in [2.24, 2.45) is 7.05 Å². The lowest BCUT2D eigenvalue weighted by Gasteiger charge is -2.11. The van der Waals surface area contributed by atoms with E-state index in [1.807, 2.05) is 43.6 Å². The summed E-state index contributed by atoms with van der Waals surface area (Å²) in [6.07, 6.45) is 6.38. The van der Waals surface area contributed by atoms with Crippen LogP contribution < -0.4 is 5.69 Å². The van der Waals surface area contributed by atoms with Gasteiger partial charge in [-0.3, -0.25) is 14.2 Å². The predicted molar refractivity (Wildman–Crippen MR) is 123 cm³/mol. The molecule has 0 saturated carbocycles. The highest BCUT2D eigenvalue weighted by Gasteiger charge is 2.18. The van der Waals surface area contributed by atoms with Gasteiger partial charge in [0.25, 0.3) is 0 Å². The van der Waals surface area contributed by atoms with Crippen molar-refractivity contribution in [1.82, 2.24) is 28.5 Å². The second kappa shape index (κ2) is 8.02. The number of hydrogen-bond donors (Lipinski definition) is 0. The number of hydrogen-bond acceptors (Lipinski definition) is 4. The van der Waals surface area contributed by atoms with E-state index in [4.69, 9.17) is 16.9 Å². The lowest BCUT2D eigenvalue weighted by atomic mass is 10.2. The van der Waals surface area contributed by atoms with Gasteiger partial charge in [-0.2, -0.15) is 10.4 Å². The van der Waals surface area contributed by atoms with Crippen LogP contribution in [-0.2, 0) is 20.1 Å². The number of fused-ring (bicyclic) bond motifs is 2. The van der Waals surface area contributed by atoms with Gasteiger partial charge in [0.05, 0.1) is 29.8 Å². The topological polar surface area (TPSA) is 86.4 Å². The van der Waals surface area contributed by atoms with Gasteiger partial charge in [-0.25, -0.2) is 9.36 Å². The van der Waals surface area contributed by atoms with E-state index >= 15 is 0 Å². The Morgan fingerprint density at radius 3 is 2.75 bits per heavy atom. The van der Waals surface area contributed by atoms with Gasteiger partial charge < -0.3 is 4.57 Å². The first-order valence-corrected chi connectivity index (χ1v) is 10.6. The SMILES string of the molecule is Cn1ccc(-n2c(=O)n(Cc3cc4cc(Cl)ccc4n3CCCC#N)c3cnccc32)n1. The first-order chi connectivity index (χ1) is 15.6. The van der Waals surface area contributed by atoms with Crippen LogP contribution in [0.3, 0.4) is 0 Å². The zero-order valence-electron chi connectivity index (χ0n) is 17.4. The van der Waals surface area contributed by atoms with Crippen LogP contribution >= 0.6 is 11.6 Å². The van der Waals surface area contributed by atoms with Crippen LogP contribution in [0.25, 0.3) is 27.8 Å². The van der Waals surface area contributed by atoms with Crippen molar-refractivity contribution >= 4 is 33.5 Å². The molecule has 160 valence electrons. The van der Waals surface area contributed by atoms with Gasteiger partial charge in [-0.1, -0.05) is 11.6 Å². The van der Waals surface area contributed by atoms with Crippen molar-refractivity contribution in [3.63, 3.8) is 0 Å². The summed E-state index contributed by atoms with van der Waals surface area (Å²) in [4.78, 5) is 17.8. The maximum Gasteiger partial charge on any atom is 0.335 e. The van der Waals surface area contributed by atoms with Crippen LogP contribution in [0.2, 0.25) is 5.02 Å². The molecule has 5 rings (SSSR count). The number of aromatic nitrogens is 6. The Bertz CT molecular complexity index is 1550. The van der Waals surface area contributed by atoms with Gasteiger partial charge in [-0.05, 0) is 36.8 Å². The Kier molecular flexibility index (Phi) is 5.04. The number of halogens is 1. The molecule has 1 aromatic carbocycles. The minimum Gasteiger partial charge on any atom is -0.343 e. The average Bonchev–Trinajstić information content (AvgIpc) is 3.43. The summed E-state index contributed by atoms with van der Waals surface area (Å²) in [5.41, 5.74) is 3.29. The Hall–Kier alpha value is -3.83. The van der Waals surface area contributed by atoms with Gasteiger partial charge in [-0.15, -0.1) is 0 Å². The molecule has 9 heteroatoms. The molecule has 0 unspecified atom stereocenters. The molecule has 32 heavy (non-hydrogen) atoms. The van der Waals surface area contributed by atoms with E-state index in [0.29, 0.717) is 30.4 Å². The van der Waals surface area contributed by atoms with E-state index < -0.39 is 0 Å². The van der Waals surface area contributed by atoms with Crippen molar-refractivity contribution in [3.05, 3.63) is 76.2 Å². The Balaban J connectivity index is 1.67. The van der Waals surface area contributed by atoms with Crippen molar-refractivity contribution in [3.8, 4) is 11.9 Å². The molecule has 0 bridgehead atoms. The molecule has 0 amide bonds. The van der Waals surface area contributed by atoms with Gasteiger partial charge in [0, 0.05) is 60.1 Å². The Morgan fingerprint density at radius 1 is 1.09 bits per heavy atom. The monoisotopic (exact) mass is 445 g/mol. The molecule has 0 aliphatic heterocycles. The van der Waals surface area contributed by atoms with Crippen molar-refractivity contribution in [2.45, 2.75) is 25.9 Å². The molecule has 0 aliphatic rings. The minimum atomic E-state index is -0.182. The summed E-state index contributed by atoms with van der Waals surface area (Å²) in [6.45, 7) is 1.04. The molecular formula is C23H20ClN7O. The quantitative estimate of drug-likeness (QED) is 0.371. The van der Waals surface area contributed by atoms with Crippen LogP contribution in [0.4, 0.5) is 0 Å². The van der Waals surface area contributed by atoms with Gasteiger partial charge >= 0.3 is 5.69 Å². The van der Waals surface area contributed by atoms with Crippen LogP contribution in [0.1, 0.15) is 18.5 Å². The molecule has 0 atom stereocenters. The first kappa shape index (κ1) is 20.1. The van der Waals surface area contributed by atoms with Gasteiger partial charge in [0.15, 0.2) is 5.82 Å². The molecule has 8 nitrogen and oxygen atoms in total. The number of pyridine rings is 1. The van der Waals surface area contributed by atoms with E-state index in [2.05, 4.69) is 26.8 Å². The molecule has 4 aromatic heterocycles. The summed E-state index contributed by atoms with van der Waals surface area (Å²) in [5.74, 6) is 0.564. The first-order valence-electron chi connectivity index (χ1n) is 10.3. The van der Waals surface area contributed by atoms with Crippen LogP contribution in [0.5, 0.6) is 0 Å². The second-order valence-corrected chi connectivity index (χ2v) is 8.10. The number of benzene rings is 1. The van der Waals surface area contributed by atoms with E-state index in [-0.39, 0.29) is 5.69 Å². The third kappa shape index (κ3) is 3.37. The number of unbranched alkanes of at least 4 members (excludes halogenated alkanes) is 1. The van der Waals surface area contributed by atoms with E-state index in [9.17, 15) is 4.79 Å². The van der Waals surface area contributed by atoms with Crippen molar-refractivity contribution in [1.29, 1.82) is 5.26 Å². The second-order valence-electron chi connectivity index (χ2n) is 7.67. The van der Waals surface area contributed by atoms with E-state index in [0.717, 1.165) is 34.1 Å². The lowest BCUT2D eigenvalue weighted by Crippen LogP contribution is -2.25. The normalized spacial score (nSPS) is 11.4. The summed E-state index contributed by atoms with van der Waals surface area (Å²) < 4.78 is 7.16. The molecule has 5 aromatic rings. The summed E-state index contributed by atoms with van der Waals surface area (Å²) in [6, 6.07) is 13.7. The maximum absolute atomic E-state index is 13.5. The number of rotatable bonds is 6. The average molecular weight is 446 g/mol. The van der Waals surface area contributed by atoms with Crippen LogP contribution in [0, 0.1) is 11.3 Å². The molecule has 0 aliphatic carbocycles. The van der Waals surface area contributed by atoms with Gasteiger partial charge in [0.2, 0.25) is 0 Å². The zero-order valence-corrected chi connectivity index (χ0v) is 18.2.